The fourth-order valence-corrected chi connectivity index (χ4v) is 11.0. The first-order chi connectivity index (χ1) is 6.75. The van der Waals surface area contributed by atoms with Gasteiger partial charge in [0.05, 0.1) is 0 Å². The zero-order valence-corrected chi connectivity index (χ0v) is 11.0. The lowest BCUT2D eigenvalue weighted by molar-refractivity contribution is 0.808. The Morgan fingerprint density at radius 2 is 1.64 bits per heavy atom. The molecule has 2 rings (SSSR count). The minimum absolute atomic E-state index is 0.0122. The molecule has 1 heterocycles. The van der Waals surface area contributed by atoms with E-state index in [0.717, 1.165) is 10.5 Å². The maximum atomic E-state index is 2.36. The van der Waals surface area contributed by atoms with Crippen molar-refractivity contribution in [3.05, 3.63) is 30.3 Å². The highest BCUT2D eigenvalue weighted by molar-refractivity contribution is 8.90. The summed E-state index contributed by atoms with van der Waals surface area (Å²) in [5.74, 6) is 0. The van der Waals surface area contributed by atoms with Gasteiger partial charge in [-0.25, -0.2) is 0 Å². The van der Waals surface area contributed by atoms with Crippen molar-refractivity contribution in [2.45, 2.75) is 30.8 Å². The van der Waals surface area contributed by atoms with Crippen LogP contribution < -0.4 is 5.30 Å². The molecule has 0 spiro atoms. The second-order valence-electron chi connectivity index (χ2n) is 3.66. The van der Waals surface area contributed by atoms with E-state index in [2.05, 4.69) is 66.9 Å². The van der Waals surface area contributed by atoms with Crippen LogP contribution in [0, 0.1) is 0 Å². The Labute approximate surface area is 95.5 Å². The lowest BCUT2D eigenvalue weighted by atomic mass is 10.3. The van der Waals surface area contributed by atoms with E-state index in [1.54, 1.807) is 0 Å². The molecule has 0 radical (unpaired) electrons. The molecule has 1 fully saturated rings. The first-order valence-corrected chi connectivity index (χ1v) is 9.25. The van der Waals surface area contributed by atoms with Crippen LogP contribution in [0.2, 0.25) is 0 Å². The fraction of sp³-hybridized carbons (Fsp3) is 0.455. The molecule has 0 nitrogen and oxygen atoms in total. The molecule has 0 amide bonds. The third-order valence-corrected chi connectivity index (χ3v) is 10.5. The van der Waals surface area contributed by atoms with Gasteiger partial charge in [-0.3, -0.25) is 0 Å². The van der Waals surface area contributed by atoms with Crippen molar-refractivity contribution in [2.24, 2.45) is 0 Å². The second kappa shape index (κ2) is 4.92. The third-order valence-electron chi connectivity index (χ3n) is 2.18. The van der Waals surface area contributed by atoms with E-state index >= 15 is 0 Å². The van der Waals surface area contributed by atoms with Crippen LogP contribution in [0.15, 0.2) is 30.3 Å². The zero-order chi connectivity index (χ0) is 9.97. The fourth-order valence-electron chi connectivity index (χ4n) is 1.58. The van der Waals surface area contributed by atoms with E-state index in [-0.39, 0.29) is 6.33 Å². The van der Waals surface area contributed by atoms with Crippen LogP contribution in [0.1, 0.15) is 20.3 Å². The molecule has 1 aromatic carbocycles. The maximum absolute atomic E-state index is 2.36. The molecule has 14 heavy (non-hydrogen) atoms. The van der Waals surface area contributed by atoms with Gasteiger partial charge in [0.25, 0.3) is 0 Å². The van der Waals surface area contributed by atoms with Gasteiger partial charge < -0.3 is 0 Å². The monoisotopic (exact) mass is 242 g/mol. The Kier molecular flexibility index (Phi) is 3.81. The van der Waals surface area contributed by atoms with Crippen molar-refractivity contribution >= 4 is 34.4 Å². The third kappa shape index (κ3) is 2.68. The van der Waals surface area contributed by atoms with Gasteiger partial charge in [-0.1, -0.05) is 44.2 Å². The van der Waals surface area contributed by atoms with Crippen molar-refractivity contribution in [3.8, 4) is 0 Å². The van der Waals surface area contributed by atoms with E-state index in [1.807, 2.05) is 0 Å². The first kappa shape index (κ1) is 10.9. The average molecular weight is 242 g/mol. The Balaban J connectivity index is 2.11. The average Bonchev–Trinajstić information content (AvgIpc) is 2.18. The highest BCUT2D eigenvalue weighted by atomic mass is 33.1. The molecule has 1 aromatic rings. The number of rotatable bonds is 1. The normalized spacial score (nSPS) is 32.9. The highest BCUT2D eigenvalue weighted by Crippen LogP contribution is 2.67. The van der Waals surface area contributed by atoms with Crippen LogP contribution in [0.3, 0.4) is 0 Å². The van der Waals surface area contributed by atoms with Crippen LogP contribution in [0.25, 0.3) is 0 Å². The van der Waals surface area contributed by atoms with E-state index in [1.165, 1.54) is 11.7 Å². The first-order valence-electron chi connectivity index (χ1n) is 4.94. The van der Waals surface area contributed by atoms with E-state index in [4.69, 9.17) is 0 Å². The molecule has 2 atom stereocenters. The standard InChI is InChI=1S/C11H15PS2/c1-9-8-10(2)14-12(13-9)11-6-4-3-5-7-11/h3-7,9-10H,8H2,1-2H3. The smallest absolute Gasteiger partial charge is 0.0443 e. The van der Waals surface area contributed by atoms with Gasteiger partial charge in [0.1, 0.15) is 0 Å². The van der Waals surface area contributed by atoms with E-state index in [0.29, 0.717) is 0 Å². The van der Waals surface area contributed by atoms with Gasteiger partial charge in [0.15, 0.2) is 0 Å². The molecule has 0 saturated carbocycles. The highest BCUT2D eigenvalue weighted by Gasteiger charge is 2.25. The van der Waals surface area contributed by atoms with Crippen LogP contribution >= 0.6 is 29.1 Å². The second-order valence-corrected chi connectivity index (χ2v) is 10.9. The van der Waals surface area contributed by atoms with Crippen LogP contribution in [-0.2, 0) is 0 Å². The van der Waals surface area contributed by atoms with E-state index in [9.17, 15) is 0 Å². The van der Waals surface area contributed by atoms with Gasteiger partial charge >= 0.3 is 0 Å². The molecule has 1 aliphatic rings. The number of hydrogen-bond acceptors (Lipinski definition) is 2. The van der Waals surface area contributed by atoms with Crippen molar-refractivity contribution in [2.75, 3.05) is 0 Å². The Morgan fingerprint density at radius 1 is 1.07 bits per heavy atom. The SMILES string of the molecule is CC1CC(C)SP(c2ccccc2)S1. The Morgan fingerprint density at radius 3 is 2.21 bits per heavy atom. The summed E-state index contributed by atoms with van der Waals surface area (Å²) < 4.78 is 0. The van der Waals surface area contributed by atoms with Crippen molar-refractivity contribution in [1.29, 1.82) is 0 Å². The molecule has 0 bridgehead atoms. The minimum Gasteiger partial charge on any atom is -0.115 e. The molecule has 0 N–H and O–H groups in total. The predicted molar refractivity (Wildman–Crippen MR) is 71.7 cm³/mol. The Hall–Kier alpha value is 0.350. The number of hydrogen-bond donors (Lipinski definition) is 0. The van der Waals surface area contributed by atoms with Gasteiger partial charge in [-0.05, 0) is 11.7 Å². The van der Waals surface area contributed by atoms with Crippen LogP contribution in [0.5, 0.6) is 0 Å². The van der Waals surface area contributed by atoms with Gasteiger partial charge in [0, 0.05) is 16.8 Å². The molecule has 2 unspecified atom stereocenters. The minimum atomic E-state index is -0.0122. The Bertz CT molecular complexity index is 279. The van der Waals surface area contributed by atoms with Gasteiger partial charge in [-0.15, -0.1) is 22.8 Å². The summed E-state index contributed by atoms with van der Waals surface area (Å²) in [5.41, 5.74) is 0. The summed E-state index contributed by atoms with van der Waals surface area (Å²) in [6.45, 7) is 4.72. The zero-order valence-electron chi connectivity index (χ0n) is 8.51. The summed E-state index contributed by atoms with van der Waals surface area (Å²) in [4.78, 5) is 0. The summed E-state index contributed by atoms with van der Waals surface area (Å²) in [7, 11) is 0. The molecular weight excluding hydrogens is 227 g/mol. The number of benzene rings is 1. The van der Waals surface area contributed by atoms with Crippen LogP contribution in [0.4, 0.5) is 0 Å². The predicted octanol–water partition coefficient (Wildman–Crippen LogP) is 4.27. The summed E-state index contributed by atoms with van der Waals surface area (Å²) >= 11 is 4.34. The lowest BCUT2D eigenvalue weighted by Crippen LogP contribution is -2.12. The maximum Gasteiger partial charge on any atom is 0.0443 e. The van der Waals surface area contributed by atoms with Crippen molar-refractivity contribution in [1.82, 2.24) is 0 Å². The molecule has 76 valence electrons. The quantitative estimate of drug-likeness (QED) is 0.674. The van der Waals surface area contributed by atoms with Crippen molar-refractivity contribution in [3.63, 3.8) is 0 Å². The largest absolute Gasteiger partial charge is 0.115 e. The molecule has 3 heteroatoms. The summed E-state index contributed by atoms with van der Waals surface area (Å²) in [5, 5.41) is 3.20. The molecule has 0 aromatic heterocycles. The lowest BCUT2D eigenvalue weighted by Gasteiger charge is -2.30. The molecule has 1 aliphatic heterocycles. The van der Waals surface area contributed by atoms with Crippen molar-refractivity contribution < 1.29 is 0 Å². The molecule has 0 aliphatic carbocycles. The molecule has 1 saturated heterocycles. The van der Waals surface area contributed by atoms with Gasteiger partial charge in [-0.2, -0.15) is 0 Å². The topological polar surface area (TPSA) is 0 Å². The molecular formula is C11H15PS2. The van der Waals surface area contributed by atoms with Gasteiger partial charge in [0.2, 0.25) is 0 Å². The van der Waals surface area contributed by atoms with Crippen LogP contribution in [-0.4, -0.2) is 10.5 Å². The summed E-state index contributed by atoms with van der Waals surface area (Å²) in [6.07, 6.45) is 1.35. The summed E-state index contributed by atoms with van der Waals surface area (Å²) in [6, 6.07) is 11.0. The van der Waals surface area contributed by atoms with E-state index < -0.39 is 0 Å².